The zero-order valence-electron chi connectivity index (χ0n) is 20.1. The van der Waals surface area contributed by atoms with E-state index in [0.29, 0.717) is 19.1 Å². The first kappa shape index (κ1) is 22.6. The Hall–Kier alpha value is -3.22. The van der Waals surface area contributed by atoms with Crippen LogP contribution >= 0.6 is 0 Å². The Bertz CT molecular complexity index is 1120. The number of fused-ring (bicyclic) bond motifs is 3. The van der Waals surface area contributed by atoms with Crippen molar-refractivity contribution in [3.8, 4) is 17.2 Å². The third-order valence-electron chi connectivity index (χ3n) is 6.77. The first-order valence-corrected chi connectivity index (χ1v) is 12.1. The van der Waals surface area contributed by atoms with E-state index < -0.39 is 0 Å². The zero-order chi connectivity index (χ0) is 23.5. The highest BCUT2D eigenvalue weighted by molar-refractivity contribution is 5.61. The van der Waals surface area contributed by atoms with Crippen LogP contribution in [0.15, 0.2) is 66.7 Å². The third kappa shape index (κ3) is 4.31. The van der Waals surface area contributed by atoms with Gasteiger partial charge in [0, 0.05) is 30.3 Å². The van der Waals surface area contributed by atoms with Gasteiger partial charge < -0.3 is 19.1 Å². The van der Waals surface area contributed by atoms with Crippen molar-refractivity contribution in [1.29, 1.82) is 0 Å². The molecular formula is C28H33N3O3. The van der Waals surface area contributed by atoms with E-state index in [0.717, 1.165) is 30.3 Å². The van der Waals surface area contributed by atoms with Gasteiger partial charge in [0.2, 0.25) is 0 Å². The normalized spacial score (nSPS) is 21.0. The maximum absolute atomic E-state index is 5.86. The molecule has 0 spiro atoms. The summed E-state index contributed by atoms with van der Waals surface area (Å²) in [7, 11) is 1.74. The van der Waals surface area contributed by atoms with Crippen molar-refractivity contribution in [2.24, 2.45) is 5.92 Å². The summed E-state index contributed by atoms with van der Waals surface area (Å²) in [6, 6.07) is 23.6. The number of hydrogen-bond donors (Lipinski definition) is 2. The number of nitrogens with one attached hydrogen (secondary N) is 2. The number of hydrazine groups is 1. The monoisotopic (exact) mass is 459 g/mol. The molecule has 2 N–H and O–H groups in total. The van der Waals surface area contributed by atoms with Crippen LogP contribution in [0.25, 0.3) is 0 Å². The minimum Gasteiger partial charge on any atom is -0.496 e. The van der Waals surface area contributed by atoms with Crippen molar-refractivity contribution in [2.45, 2.75) is 32.5 Å². The van der Waals surface area contributed by atoms with Crippen LogP contribution in [0.5, 0.6) is 17.2 Å². The molecule has 2 heterocycles. The molecule has 3 atom stereocenters. The molecule has 34 heavy (non-hydrogen) atoms. The number of rotatable bonds is 8. The second-order valence-electron chi connectivity index (χ2n) is 8.76. The van der Waals surface area contributed by atoms with E-state index in [9.17, 15) is 0 Å². The highest BCUT2D eigenvalue weighted by atomic mass is 16.5. The number of ether oxygens (including phenoxy) is 3. The summed E-state index contributed by atoms with van der Waals surface area (Å²) in [5.74, 6) is 3.08. The summed E-state index contributed by atoms with van der Waals surface area (Å²) in [5, 5.41) is 0. The molecule has 1 saturated heterocycles. The third-order valence-corrected chi connectivity index (χ3v) is 6.77. The molecule has 0 saturated carbocycles. The molecule has 3 aromatic carbocycles. The Morgan fingerprint density at radius 2 is 1.56 bits per heavy atom. The van der Waals surface area contributed by atoms with E-state index in [4.69, 9.17) is 14.2 Å². The van der Waals surface area contributed by atoms with Crippen LogP contribution in [0.3, 0.4) is 0 Å². The van der Waals surface area contributed by atoms with Gasteiger partial charge >= 0.3 is 0 Å². The van der Waals surface area contributed by atoms with Gasteiger partial charge in [-0.3, -0.25) is 0 Å². The SMILES string of the molecule is CCOc1ccc(C2NNC3c4cc(OCC)ccc4N(Cc4ccccc4OC)CC23)cc1. The smallest absolute Gasteiger partial charge is 0.123 e. The lowest BCUT2D eigenvalue weighted by Crippen LogP contribution is -2.39. The van der Waals surface area contributed by atoms with Crippen molar-refractivity contribution in [1.82, 2.24) is 10.9 Å². The van der Waals surface area contributed by atoms with Crippen molar-refractivity contribution < 1.29 is 14.2 Å². The fourth-order valence-electron chi connectivity index (χ4n) is 5.24. The first-order valence-electron chi connectivity index (χ1n) is 12.1. The molecule has 0 aromatic heterocycles. The van der Waals surface area contributed by atoms with E-state index >= 15 is 0 Å². The summed E-state index contributed by atoms with van der Waals surface area (Å²) in [5.41, 5.74) is 12.1. The van der Waals surface area contributed by atoms with Gasteiger partial charge in [0.25, 0.3) is 0 Å². The lowest BCUT2D eigenvalue weighted by Gasteiger charge is -2.39. The summed E-state index contributed by atoms with van der Waals surface area (Å²) in [6.07, 6.45) is 0. The van der Waals surface area contributed by atoms with Crippen LogP contribution in [-0.4, -0.2) is 26.9 Å². The molecule has 3 unspecified atom stereocenters. The van der Waals surface area contributed by atoms with Crippen molar-refractivity contribution in [3.63, 3.8) is 0 Å². The second-order valence-corrected chi connectivity index (χ2v) is 8.76. The van der Waals surface area contributed by atoms with Gasteiger partial charge in [-0.2, -0.15) is 0 Å². The highest BCUT2D eigenvalue weighted by Crippen LogP contribution is 2.47. The number of methoxy groups -OCH3 is 1. The van der Waals surface area contributed by atoms with E-state index in [2.05, 4.69) is 70.3 Å². The lowest BCUT2D eigenvalue weighted by molar-refractivity contribution is 0.337. The Morgan fingerprint density at radius 1 is 0.853 bits per heavy atom. The van der Waals surface area contributed by atoms with Gasteiger partial charge in [-0.1, -0.05) is 30.3 Å². The van der Waals surface area contributed by atoms with Crippen LogP contribution in [0.1, 0.15) is 42.6 Å². The van der Waals surface area contributed by atoms with Crippen molar-refractivity contribution >= 4 is 5.69 Å². The lowest BCUT2D eigenvalue weighted by atomic mass is 9.82. The van der Waals surface area contributed by atoms with Crippen molar-refractivity contribution in [2.75, 3.05) is 31.8 Å². The first-order chi connectivity index (χ1) is 16.7. The summed E-state index contributed by atoms with van der Waals surface area (Å²) >= 11 is 0. The van der Waals surface area contributed by atoms with Crippen LogP contribution < -0.4 is 30.0 Å². The van der Waals surface area contributed by atoms with E-state index in [-0.39, 0.29) is 12.1 Å². The molecule has 0 radical (unpaired) electrons. The molecule has 178 valence electrons. The predicted molar refractivity (Wildman–Crippen MR) is 135 cm³/mol. The molecule has 0 bridgehead atoms. The Kier molecular flexibility index (Phi) is 6.61. The van der Waals surface area contributed by atoms with Crippen LogP contribution in [0.4, 0.5) is 5.69 Å². The fourth-order valence-corrected chi connectivity index (χ4v) is 5.24. The molecule has 0 aliphatic carbocycles. The number of hydrogen-bond acceptors (Lipinski definition) is 6. The van der Waals surface area contributed by atoms with E-state index in [1.165, 1.54) is 22.4 Å². The maximum Gasteiger partial charge on any atom is 0.123 e. The molecule has 3 aromatic rings. The van der Waals surface area contributed by atoms with Crippen molar-refractivity contribution in [3.05, 3.63) is 83.4 Å². The predicted octanol–water partition coefficient (Wildman–Crippen LogP) is 5.02. The van der Waals surface area contributed by atoms with Gasteiger partial charge in [-0.25, -0.2) is 10.9 Å². The molecule has 6 heteroatoms. The number of benzene rings is 3. The molecule has 6 nitrogen and oxygen atoms in total. The molecule has 2 aliphatic rings. The zero-order valence-corrected chi connectivity index (χ0v) is 20.1. The Morgan fingerprint density at radius 3 is 2.32 bits per heavy atom. The highest BCUT2D eigenvalue weighted by Gasteiger charge is 2.43. The average Bonchev–Trinajstić information content (AvgIpc) is 3.29. The number of anilines is 1. The van der Waals surface area contributed by atoms with Crippen LogP contribution in [0, 0.1) is 5.92 Å². The van der Waals surface area contributed by atoms with Gasteiger partial charge in [0.05, 0.1) is 32.4 Å². The maximum atomic E-state index is 5.86. The summed E-state index contributed by atoms with van der Waals surface area (Å²) < 4.78 is 17.2. The summed E-state index contributed by atoms with van der Waals surface area (Å²) in [6.45, 7) is 7.05. The number of nitrogens with zero attached hydrogens (tertiary/aromatic N) is 1. The molecule has 5 rings (SSSR count). The minimum absolute atomic E-state index is 0.185. The average molecular weight is 460 g/mol. The Labute approximate surface area is 201 Å². The van der Waals surface area contributed by atoms with Crippen LogP contribution in [0.2, 0.25) is 0 Å². The Balaban J connectivity index is 1.49. The fraction of sp³-hybridized carbons (Fsp3) is 0.357. The van der Waals surface area contributed by atoms with Gasteiger partial charge in [0.1, 0.15) is 17.2 Å². The second kappa shape index (κ2) is 9.95. The van der Waals surface area contributed by atoms with E-state index in [1.807, 2.05) is 26.0 Å². The molecular weight excluding hydrogens is 426 g/mol. The minimum atomic E-state index is 0.185. The van der Waals surface area contributed by atoms with Gasteiger partial charge in [-0.15, -0.1) is 0 Å². The summed E-state index contributed by atoms with van der Waals surface area (Å²) in [4.78, 5) is 2.47. The number of para-hydroxylation sites is 1. The molecule has 2 aliphatic heterocycles. The standard InChI is InChI=1S/C28H33N3O3/c1-4-33-21-12-10-19(11-13-21)27-24-18-31(17-20-8-6-7-9-26(20)32-3)25-15-14-22(34-5-2)16-23(25)28(24)30-29-27/h6-16,24,27-30H,4-5,17-18H2,1-3H3. The van der Waals surface area contributed by atoms with E-state index in [1.54, 1.807) is 7.11 Å². The topological polar surface area (TPSA) is 55.0 Å². The largest absolute Gasteiger partial charge is 0.496 e. The molecule has 1 fully saturated rings. The van der Waals surface area contributed by atoms with Crippen LogP contribution in [-0.2, 0) is 6.54 Å². The quantitative estimate of drug-likeness (QED) is 0.493. The van der Waals surface area contributed by atoms with Gasteiger partial charge in [0.15, 0.2) is 0 Å². The molecule has 0 amide bonds. The van der Waals surface area contributed by atoms with Gasteiger partial charge in [-0.05, 0) is 61.4 Å².